The highest BCUT2D eigenvalue weighted by Crippen LogP contribution is 2.39. The van der Waals surface area contributed by atoms with Gasteiger partial charge in [-0.1, -0.05) is 49.7 Å². The normalized spacial score (nSPS) is 15.4. The molecule has 2 unspecified atom stereocenters. The van der Waals surface area contributed by atoms with E-state index >= 15 is 0 Å². The van der Waals surface area contributed by atoms with Gasteiger partial charge in [0.2, 0.25) is 11.8 Å². The van der Waals surface area contributed by atoms with Gasteiger partial charge in [0.15, 0.2) is 0 Å². The number of hydrogen-bond donors (Lipinski definition) is 3. The number of aliphatic hydroxyl groups is 1. The molecule has 0 saturated carbocycles. The molecule has 8 heteroatoms. The summed E-state index contributed by atoms with van der Waals surface area (Å²) < 4.78 is 5.76. The molecule has 0 fully saturated rings. The summed E-state index contributed by atoms with van der Waals surface area (Å²) in [6.07, 6.45) is 7.23. The van der Waals surface area contributed by atoms with E-state index in [2.05, 4.69) is 36.3 Å². The highest BCUT2D eigenvalue weighted by molar-refractivity contribution is 6.31. The van der Waals surface area contributed by atoms with Crippen LogP contribution in [-0.4, -0.2) is 52.6 Å². The third-order valence-corrected chi connectivity index (χ3v) is 6.87. The lowest BCUT2D eigenvalue weighted by Crippen LogP contribution is -2.39. The SMILES string of the molecule is CC(=O)NCC(O)CCOc1ccc(C2c3[nH]c4ccc(Cl)cc4c3CCN2C(C)=O)cc1.CC/C=C\CC. The van der Waals surface area contributed by atoms with Crippen LogP contribution in [0.2, 0.25) is 5.02 Å². The van der Waals surface area contributed by atoms with Gasteiger partial charge in [0, 0.05) is 55.0 Å². The Labute approximate surface area is 236 Å². The first-order valence-corrected chi connectivity index (χ1v) is 14.0. The molecule has 0 aliphatic carbocycles. The van der Waals surface area contributed by atoms with Crippen molar-refractivity contribution in [2.75, 3.05) is 19.7 Å². The number of amides is 2. The zero-order valence-electron chi connectivity index (χ0n) is 23.3. The summed E-state index contributed by atoms with van der Waals surface area (Å²) in [6, 6.07) is 13.3. The molecule has 1 aromatic heterocycles. The summed E-state index contributed by atoms with van der Waals surface area (Å²) in [6.45, 7) is 8.48. The van der Waals surface area contributed by atoms with E-state index in [4.69, 9.17) is 16.3 Å². The average Bonchev–Trinajstić information content (AvgIpc) is 3.28. The number of aromatic nitrogens is 1. The molecule has 0 bridgehead atoms. The molecule has 3 N–H and O–H groups in total. The number of aromatic amines is 1. The predicted octanol–water partition coefficient (Wildman–Crippen LogP) is 5.94. The van der Waals surface area contributed by atoms with Crippen LogP contribution in [0.3, 0.4) is 0 Å². The van der Waals surface area contributed by atoms with Crippen LogP contribution < -0.4 is 10.1 Å². The zero-order valence-corrected chi connectivity index (χ0v) is 24.1. The molecule has 2 aromatic carbocycles. The number of hydrogen-bond acceptors (Lipinski definition) is 4. The number of H-pyrrole nitrogens is 1. The average molecular weight is 554 g/mol. The molecule has 1 aliphatic rings. The Kier molecular flexibility index (Phi) is 11.4. The Hall–Kier alpha value is -3.29. The molecule has 3 aromatic rings. The van der Waals surface area contributed by atoms with Crippen molar-refractivity contribution in [2.24, 2.45) is 0 Å². The van der Waals surface area contributed by atoms with E-state index in [1.807, 2.05) is 47.4 Å². The fourth-order valence-electron chi connectivity index (χ4n) is 4.70. The molecule has 0 spiro atoms. The smallest absolute Gasteiger partial charge is 0.220 e. The lowest BCUT2D eigenvalue weighted by Gasteiger charge is -2.35. The first-order chi connectivity index (χ1) is 18.7. The van der Waals surface area contributed by atoms with Gasteiger partial charge in [0.25, 0.3) is 0 Å². The van der Waals surface area contributed by atoms with Crippen LogP contribution in [0.15, 0.2) is 54.6 Å². The van der Waals surface area contributed by atoms with Crippen LogP contribution in [0, 0.1) is 0 Å². The van der Waals surface area contributed by atoms with Crippen LogP contribution in [0.1, 0.15) is 69.8 Å². The minimum Gasteiger partial charge on any atom is -0.493 e. The molecule has 0 radical (unpaired) electrons. The highest BCUT2D eigenvalue weighted by Gasteiger charge is 2.33. The third-order valence-electron chi connectivity index (χ3n) is 6.63. The summed E-state index contributed by atoms with van der Waals surface area (Å²) in [5, 5.41) is 14.3. The number of nitrogens with zero attached hydrogens (tertiary/aromatic N) is 1. The summed E-state index contributed by atoms with van der Waals surface area (Å²) in [5.41, 5.74) is 4.21. The van der Waals surface area contributed by atoms with Crippen molar-refractivity contribution in [1.82, 2.24) is 15.2 Å². The van der Waals surface area contributed by atoms with E-state index in [-0.39, 0.29) is 24.4 Å². The van der Waals surface area contributed by atoms with Crippen LogP contribution in [0.5, 0.6) is 5.75 Å². The van der Waals surface area contributed by atoms with Gasteiger partial charge in [-0.3, -0.25) is 9.59 Å². The van der Waals surface area contributed by atoms with Crippen LogP contribution >= 0.6 is 11.6 Å². The van der Waals surface area contributed by atoms with Gasteiger partial charge in [-0.05, 0) is 60.7 Å². The van der Waals surface area contributed by atoms with Crippen LogP contribution in [0.4, 0.5) is 0 Å². The number of halogens is 1. The lowest BCUT2D eigenvalue weighted by atomic mass is 9.92. The van der Waals surface area contributed by atoms with Gasteiger partial charge in [-0.2, -0.15) is 0 Å². The van der Waals surface area contributed by atoms with Crippen molar-refractivity contribution in [2.45, 2.75) is 65.5 Å². The second-order valence-electron chi connectivity index (χ2n) is 9.66. The van der Waals surface area contributed by atoms with Gasteiger partial charge in [-0.25, -0.2) is 0 Å². The topological polar surface area (TPSA) is 94.7 Å². The maximum Gasteiger partial charge on any atom is 0.220 e. The third kappa shape index (κ3) is 8.35. The second-order valence-corrected chi connectivity index (χ2v) is 10.1. The van der Waals surface area contributed by atoms with Crippen molar-refractivity contribution < 1.29 is 19.4 Å². The number of carbonyl (C=O) groups excluding carboxylic acids is 2. The van der Waals surface area contributed by atoms with Crippen molar-refractivity contribution in [3.8, 4) is 5.75 Å². The second kappa shape index (κ2) is 14.8. The minimum atomic E-state index is -0.659. The number of rotatable bonds is 9. The maximum atomic E-state index is 12.4. The molecule has 210 valence electrons. The van der Waals surface area contributed by atoms with E-state index in [9.17, 15) is 14.7 Å². The minimum absolute atomic E-state index is 0.0239. The summed E-state index contributed by atoms with van der Waals surface area (Å²) in [5.74, 6) is 0.532. The monoisotopic (exact) mass is 553 g/mol. The predicted molar refractivity (Wildman–Crippen MR) is 157 cm³/mol. The molecular weight excluding hydrogens is 514 g/mol. The molecule has 2 heterocycles. The first kappa shape index (κ1) is 30.3. The fraction of sp³-hybridized carbons (Fsp3) is 0.419. The fourth-order valence-corrected chi connectivity index (χ4v) is 4.87. The molecule has 4 rings (SSSR count). The molecule has 0 saturated heterocycles. The van der Waals surface area contributed by atoms with Crippen molar-refractivity contribution >= 4 is 34.3 Å². The Balaban J connectivity index is 0.000000631. The molecule has 1 aliphatic heterocycles. The number of allylic oxidation sites excluding steroid dienone is 2. The van der Waals surface area contributed by atoms with E-state index < -0.39 is 6.10 Å². The molecular formula is C31H40ClN3O4. The number of carbonyl (C=O) groups is 2. The Morgan fingerprint density at radius 1 is 1.15 bits per heavy atom. The largest absolute Gasteiger partial charge is 0.493 e. The van der Waals surface area contributed by atoms with Gasteiger partial charge >= 0.3 is 0 Å². The highest BCUT2D eigenvalue weighted by atomic mass is 35.5. The lowest BCUT2D eigenvalue weighted by molar-refractivity contribution is -0.131. The van der Waals surface area contributed by atoms with Crippen LogP contribution in [0.25, 0.3) is 10.9 Å². The maximum absolute atomic E-state index is 12.4. The van der Waals surface area contributed by atoms with Gasteiger partial charge in [0.1, 0.15) is 5.75 Å². The number of benzene rings is 2. The first-order valence-electron chi connectivity index (χ1n) is 13.6. The summed E-state index contributed by atoms with van der Waals surface area (Å²) in [4.78, 5) is 28.8. The quantitative estimate of drug-likeness (QED) is 0.286. The molecule has 7 nitrogen and oxygen atoms in total. The van der Waals surface area contributed by atoms with E-state index in [0.717, 1.165) is 28.6 Å². The van der Waals surface area contributed by atoms with Crippen LogP contribution in [-0.2, 0) is 16.0 Å². The number of aliphatic hydroxyl groups excluding tert-OH is 1. The standard InChI is InChI=1S/C25H28ClN3O4.C6H12/c1-15(30)27-14-19(32)10-12-33-20-6-3-17(4-7-20)25-24-21(9-11-29(25)16(2)31)22-13-18(26)5-8-23(22)28-24;1-3-5-6-4-2/h3-8,13,19,25,28,32H,9-12,14H2,1-2H3,(H,27,30);5-6H,3-4H2,1-2H3/b;6-5-. The molecule has 39 heavy (non-hydrogen) atoms. The number of ether oxygens (including phenoxy) is 1. The number of fused-ring (bicyclic) bond motifs is 3. The summed E-state index contributed by atoms with van der Waals surface area (Å²) >= 11 is 6.23. The van der Waals surface area contributed by atoms with Crippen molar-refractivity contribution in [3.05, 3.63) is 76.5 Å². The Morgan fingerprint density at radius 3 is 2.46 bits per heavy atom. The summed E-state index contributed by atoms with van der Waals surface area (Å²) in [7, 11) is 0. The number of nitrogens with one attached hydrogen (secondary N) is 2. The van der Waals surface area contributed by atoms with Crippen molar-refractivity contribution in [1.29, 1.82) is 0 Å². The van der Waals surface area contributed by atoms with E-state index in [1.165, 1.54) is 25.3 Å². The van der Waals surface area contributed by atoms with Gasteiger partial charge in [0.05, 0.1) is 18.8 Å². The molecule has 2 atom stereocenters. The zero-order chi connectivity index (χ0) is 28.4. The Morgan fingerprint density at radius 2 is 1.85 bits per heavy atom. The van der Waals surface area contributed by atoms with E-state index in [1.54, 1.807) is 6.92 Å². The van der Waals surface area contributed by atoms with Gasteiger partial charge < -0.3 is 25.0 Å². The van der Waals surface area contributed by atoms with E-state index in [0.29, 0.717) is 30.3 Å². The van der Waals surface area contributed by atoms with Gasteiger partial charge in [-0.15, -0.1) is 0 Å². The van der Waals surface area contributed by atoms with Crippen molar-refractivity contribution in [3.63, 3.8) is 0 Å². The molecule has 2 amide bonds. The Bertz CT molecular complexity index is 1260.